The number of benzene rings is 2. The lowest BCUT2D eigenvalue weighted by atomic mass is 9.97. The molecular formula is C35H46FN3O5S. The van der Waals surface area contributed by atoms with Crippen LogP contribution in [0.5, 0.6) is 6.01 Å². The number of esters is 1. The number of thioether (sulfide) groups is 1. The van der Waals surface area contributed by atoms with E-state index in [4.69, 9.17) is 14.5 Å². The van der Waals surface area contributed by atoms with E-state index in [2.05, 4.69) is 5.32 Å². The molecule has 0 fully saturated rings. The molecule has 0 aliphatic rings. The molecular weight excluding hydrogens is 593 g/mol. The van der Waals surface area contributed by atoms with Crippen LogP contribution in [-0.2, 0) is 33.8 Å². The minimum atomic E-state index is -0.689. The summed E-state index contributed by atoms with van der Waals surface area (Å²) in [4.78, 5) is 42.6. The summed E-state index contributed by atoms with van der Waals surface area (Å²) in [5, 5.41) is 2.41. The molecule has 0 unspecified atom stereocenters. The summed E-state index contributed by atoms with van der Waals surface area (Å²) >= 11 is 1.04. The predicted octanol–water partition coefficient (Wildman–Crippen LogP) is 7.35. The Bertz CT molecular complexity index is 1490. The summed E-state index contributed by atoms with van der Waals surface area (Å²) in [6.45, 7) is 15.7. The summed E-state index contributed by atoms with van der Waals surface area (Å²) in [6.07, 6.45) is 1.95. The number of halogens is 1. The van der Waals surface area contributed by atoms with Crippen molar-refractivity contribution in [2.45, 2.75) is 98.6 Å². The van der Waals surface area contributed by atoms with Crippen LogP contribution in [0.2, 0.25) is 0 Å². The molecule has 244 valence electrons. The van der Waals surface area contributed by atoms with Crippen LogP contribution in [0.3, 0.4) is 0 Å². The third-order valence-corrected chi connectivity index (χ3v) is 7.84. The molecule has 0 saturated heterocycles. The van der Waals surface area contributed by atoms with Crippen molar-refractivity contribution in [2.75, 3.05) is 6.61 Å². The molecule has 0 radical (unpaired) electrons. The van der Waals surface area contributed by atoms with E-state index in [0.29, 0.717) is 36.6 Å². The fraction of sp³-hybridized carbons (Fsp3) is 0.486. The number of carbonyl (C=O) groups excluding carboxylic acids is 3. The van der Waals surface area contributed by atoms with Gasteiger partial charge in [0.25, 0.3) is 6.01 Å². The Hall–Kier alpha value is -3.66. The van der Waals surface area contributed by atoms with Gasteiger partial charge in [0.15, 0.2) is 5.12 Å². The number of ether oxygens (including phenoxy) is 2. The minimum absolute atomic E-state index is 0.107. The van der Waals surface area contributed by atoms with Gasteiger partial charge in [0.2, 0.25) is 5.91 Å². The molecule has 45 heavy (non-hydrogen) atoms. The summed E-state index contributed by atoms with van der Waals surface area (Å²) in [6, 6.07) is 12.1. The lowest BCUT2D eigenvalue weighted by Gasteiger charge is -2.21. The number of nitrogens with one attached hydrogen (secondary N) is 1. The van der Waals surface area contributed by atoms with E-state index in [-0.39, 0.29) is 41.2 Å². The average Bonchev–Trinajstić information content (AvgIpc) is 3.28. The Labute approximate surface area is 270 Å². The number of rotatable bonds is 14. The molecule has 1 atom stereocenters. The highest BCUT2D eigenvalue weighted by molar-refractivity contribution is 8.14. The third kappa shape index (κ3) is 10.2. The fourth-order valence-electron chi connectivity index (χ4n) is 4.87. The maximum atomic E-state index is 15.8. The zero-order chi connectivity index (χ0) is 33.3. The van der Waals surface area contributed by atoms with Crippen molar-refractivity contribution in [1.82, 2.24) is 14.9 Å². The highest BCUT2D eigenvalue weighted by atomic mass is 32.2. The first-order valence-electron chi connectivity index (χ1n) is 15.5. The summed E-state index contributed by atoms with van der Waals surface area (Å²) in [7, 11) is 0. The molecule has 0 aliphatic carbocycles. The number of nitrogens with zero attached hydrogens (tertiary/aromatic N) is 2. The molecule has 0 bridgehead atoms. The molecule has 0 saturated carbocycles. The van der Waals surface area contributed by atoms with Gasteiger partial charge in [-0.2, -0.15) is 4.98 Å². The second kappa shape index (κ2) is 16.1. The van der Waals surface area contributed by atoms with E-state index < -0.39 is 22.6 Å². The number of carbonyl (C=O) groups is 3. The van der Waals surface area contributed by atoms with E-state index in [9.17, 15) is 14.4 Å². The van der Waals surface area contributed by atoms with Crippen LogP contribution in [0.25, 0.3) is 11.1 Å². The van der Waals surface area contributed by atoms with Gasteiger partial charge in [0, 0.05) is 12.5 Å². The van der Waals surface area contributed by atoms with Crippen molar-refractivity contribution >= 4 is 28.8 Å². The number of amides is 1. The van der Waals surface area contributed by atoms with Gasteiger partial charge in [-0.15, -0.1) is 0 Å². The van der Waals surface area contributed by atoms with Crippen molar-refractivity contribution < 1.29 is 28.2 Å². The van der Waals surface area contributed by atoms with Crippen molar-refractivity contribution in [3.05, 3.63) is 70.8 Å². The fourth-order valence-corrected chi connectivity index (χ4v) is 5.94. The van der Waals surface area contributed by atoms with Crippen LogP contribution in [0.4, 0.5) is 4.39 Å². The summed E-state index contributed by atoms with van der Waals surface area (Å²) in [5.74, 6) is -0.974. The quantitative estimate of drug-likeness (QED) is 0.184. The van der Waals surface area contributed by atoms with Crippen molar-refractivity contribution in [3.8, 4) is 17.1 Å². The monoisotopic (exact) mass is 639 g/mol. The van der Waals surface area contributed by atoms with Gasteiger partial charge < -0.3 is 14.8 Å². The normalized spacial score (nSPS) is 12.2. The van der Waals surface area contributed by atoms with E-state index in [1.54, 1.807) is 51.1 Å². The minimum Gasteiger partial charge on any atom is -0.465 e. The number of hydrogen-bond donors (Lipinski definition) is 1. The van der Waals surface area contributed by atoms with Gasteiger partial charge in [-0.05, 0) is 69.2 Å². The first-order chi connectivity index (χ1) is 21.2. The maximum absolute atomic E-state index is 15.8. The Balaban J connectivity index is 1.95. The van der Waals surface area contributed by atoms with E-state index in [0.717, 1.165) is 29.6 Å². The number of imidazole rings is 1. The molecule has 8 nitrogen and oxygen atoms in total. The third-order valence-electron chi connectivity index (χ3n) is 6.82. The van der Waals surface area contributed by atoms with Gasteiger partial charge in [0.1, 0.15) is 11.4 Å². The second-order valence-corrected chi connectivity index (χ2v) is 13.8. The Morgan fingerprint density at radius 2 is 1.78 bits per heavy atom. The molecule has 3 rings (SSSR count). The number of aryl methyl sites for hydroxylation is 1. The summed E-state index contributed by atoms with van der Waals surface area (Å²) < 4.78 is 29.2. The van der Waals surface area contributed by atoms with Crippen LogP contribution in [0.15, 0.2) is 42.5 Å². The van der Waals surface area contributed by atoms with Gasteiger partial charge in [-0.1, -0.05) is 69.8 Å². The number of hydrogen-bond acceptors (Lipinski definition) is 7. The topological polar surface area (TPSA) is 99.5 Å². The molecule has 1 heterocycles. The van der Waals surface area contributed by atoms with Crippen molar-refractivity contribution in [3.63, 3.8) is 0 Å². The lowest BCUT2D eigenvalue weighted by molar-refractivity contribution is -0.121. The smallest absolute Gasteiger partial charge is 0.339 e. The highest BCUT2D eigenvalue weighted by Gasteiger charge is 2.25. The van der Waals surface area contributed by atoms with Gasteiger partial charge in [-0.25, -0.2) is 9.18 Å². The average molecular weight is 640 g/mol. The first kappa shape index (κ1) is 35.8. The molecule has 2 aromatic carbocycles. The van der Waals surface area contributed by atoms with Crippen LogP contribution in [-0.4, -0.2) is 44.0 Å². The van der Waals surface area contributed by atoms with E-state index in [1.807, 2.05) is 38.3 Å². The predicted molar refractivity (Wildman–Crippen MR) is 177 cm³/mol. The van der Waals surface area contributed by atoms with E-state index in [1.165, 1.54) is 13.0 Å². The van der Waals surface area contributed by atoms with Crippen LogP contribution in [0.1, 0.15) is 95.5 Å². The SMILES string of the molecule is CCCOc1nc(CC)c(CNC(=O)[C@H](CC(C)C)SC(C)=O)n1Cc1ccc(-c2ccccc2C(=O)OC(C)(C)C)c(F)c1. The van der Waals surface area contributed by atoms with Gasteiger partial charge in [0.05, 0.1) is 41.9 Å². The molecule has 0 aliphatic heterocycles. The Morgan fingerprint density at radius 1 is 1.07 bits per heavy atom. The van der Waals surface area contributed by atoms with E-state index >= 15 is 4.39 Å². The van der Waals surface area contributed by atoms with Gasteiger partial charge >= 0.3 is 5.97 Å². The first-order valence-corrected chi connectivity index (χ1v) is 16.4. The van der Waals surface area contributed by atoms with Crippen LogP contribution < -0.4 is 10.1 Å². The van der Waals surface area contributed by atoms with Crippen LogP contribution in [0, 0.1) is 11.7 Å². The Kier molecular flexibility index (Phi) is 12.8. The highest BCUT2D eigenvalue weighted by Crippen LogP contribution is 2.30. The summed E-state index contributed by atoms with van der Waals surface area (Å²) in [5.41, 5.74) is 2.51. The molecule has 1 aromatic heterocycles. The Morgan fingerprint density at radius 3 is 2.38 bits per heavy atom. The molecule has 1 N–H and O–H groups in total. The number of aromatic nitrogens is 2. The van der Waals surface area contributed by atoms with Crippen LogP contribution >= 0.6 is 11.8 Å². The molecule has 3 aromatic rings. The zero-order valence-corrected chi connectivity index (χ0v) is 28.5. The largest absolute Gasteiger partial charge is 0.465 e. The lowest BCUT2D eigenvalue weighted by Crippen LogP contribution is -2.34. The molecule has 10 heteroatoms. The van der Waals surface area contributed by atoms with Crippen molar-refractivity contribution in [1.29, 1.82) is 0 Å². The maximum Gasteiger partial charge on any atom is 0.339 e. The standard InChI is InChI=1S/C35H46FN3O5S/c1-9-17-43-34-38-29(10-2)30(20-37-32(41)31(18-22(3)4)45-23(5)40)39(34)21-24-15-16-26(28(36)19-24)25-13-11-12-14-27(25)33(42)44-35(6,7)8/h11-16,19,22,31H,9-10,17-18,20-21H2,1-8H3,(H,37,41)/t31-/m0/s1. The molecule has 1 amide bonds. The zero-order valence-electron chi connectivity index (χ0n) is 27.7. The van der Waals surface area contributed by atoms with Gasteiger partial charge in [-0.3, -0.25) is 14.2 Å². The van der Waals surface area contributed by atoms with Crippen molar-refractivity contribution in [2.24, 2.45) is 5.92 Å². The second-order valence-electron chi connectivity index (χ2n) is 12.4. The molecule has 0 spiro atoms.